The molecule has 0 N–H and O–H groups in total. The van der Waals surface area contributed by atoms with Crippen LogP contribution in [0.4, 0.5) is 0 Å². The molecule has 4 aromatic carbocycles. The van der Waals surface area contributed by atoms with E-state index in [-0.39, 0.29) is 37.0 Å². The molecule has 181 valence electrons. The Hall–Kier alpha value is -2.24. The Balaban J connectivity index is 0.00000304. The molecule has 0 spiro atoms. The molecule has 36 heavy (non-hydrogen) atoms. The molecule has 0 saturated carbocycles. The van der Waals surface area contributed by atoms with Crippen molar-refractivity contribution in [2.24, 2.45) is 0 Å². The van der Waals surface area contributed by atoms with Gasteiger partial charge in [-0.25, -0.2) is 0 Å². The molecule has 1 aliphatic rings. The van der Waals surface area contributed by atoms with Gasteiger partial charge in [0.15, 0.2) is 0 Å². The summed E-state index contributed by atoms with van der Waals surface area (Å²) in [6.07, 6.45) is 2.40. The minimum atomic E-state index is 0. The number of rotatable bonds is 2. The van der Waals surface area contributed by atoms with Crippen molar-refractivity contribution < 1.29 is 26.2 Å². The summed E-state index contributed by atoms with van der Waals surface area (Å²) < 4.78 is 0. The molecule has 1 aliphatic carbocycles. The largest absolute Gasteiger partial charge is 0.0620 e. The summed E-state index contributed by atoms with van der Waals surface area (Å²) in [6, 6.07) is 27.4. The molecule has 4 aromatic rings. The van der Waals surface area contributed by atoms with Gasteiger partial charge in [0, 0.05) is 32.6 Å². The average molecular weight is 549 g/mol. The van der Waals surface area contributed by atoms with Crippen LogP contribution in [0.3, 0.4) is 0 Å². The maximum absolute atomic E-state index is 2.47. The zero-order valence-corrected chi connectivity index (χ0v) is 25.5. The van der Waals surface area contributed by atoms with E-state index in [1.54, 1.807) is 0 Å². The van der Waals surface area contributed by atoms with Gasteiger partial charge >= 0.3 is 0 Å². The van der Waals surface area contributed by atoms with Crippen LogP contribution in [-0.2, 0) is 37.0 Å². The first-order valence-electron chi connectivity index (χ1n) is 12.8. The maximum atomic E-state index is 2.47. The van der Waals surface area contributed by atoms with Crippen LogP contribution < -0.4 is 0 Å². The van der Waals surface area contributed by atoms with E-state index in [0.29, 0.717) is 0 Å². The minimum absolute atomic E-state index is 0. The summed E-state index contributed by atoms with van der Waals surface area (Å²) in [5, 5.41) is 0. The Morgan fingerprint density at radius 1 is 0.444 bits per heavy atom. The number of hydrogen-bond donors (Lipinski definition) is 0. The summed E-state index contributed by atoms with van der Waals surface area (Å²) >= 11 is 0. The fraction of sp³-hybridized carbons (Fsp3) is 0.286. The van der Waals surface area contributed by atoms with Crippen molar-refractivity contribution in [1.82, 2.24) is 0 Å². The Labute approximate surface area is 237 Å². The zero-order chi connectivity index (χ0) is 25.1. The van der Waals surface area contributed by atoms with Gasteiger partial charge in [0.05, 0.1) is 0 Å². The predicted octanol–water partition coefficient (Wildman–Crippen LogP) is 9.81. The van der Waals surface area contributed by atoms with Crippen molar-refractivity contribution in [3.8, 4) is 33.4 Å². The fourth-order valence-electron chi connectivity index (χ4n) is 5.54. The van der Waals surface area contributed by atoms with Crippen LogP contribution in [0.25, 0.3) is 33.4 Å². The van der Waals surface area contributed by atoms with Gasteiger partial charge in [-0.2, -0.15) is 0 Å². The quantitative estimate of drug-likeness (QED) is 0.206. The Kier molecular flexibility index (Phi) is 7.13. The fourth-order valence-corrected chi connectivity index (χ4v) is 5.54. The molecule has 5 rings (SSSR count). The second kappa shape index (κ2) is 9.57. The predicted molar refractivity (Wildman–Crippen MR) is 152 cm³/mol. The topological polar surface area (TPSA) is 0 Å². The van der Waals surface area contributed by atoms with Crippen molar-refractivity contribution in [2.75, 3.05) is 0 Å². The van der Waals surface area contributed by atoms with Crippen LogP contribution in [0.2, 0.25) is 0 Å². The monoisotopic (exact) mass is 547 g/mol. The van der Waals surface area contributed by atoms with Crippen molar-refractivity contribution in [3.63, 3.8) is 0 Å². The molecular weight excluding hydrogens is 512 g/mol. The van der Waals surface area contributed by atoms with E-state index in [9.17, 15) is 0 Å². The molecular formula is C35H37Zr. The Morgan fingerprint density at radius 3 is 1.14 bits per heavy atom. The number of aryl methyl sites for hydroxylation is 2. The minimum Gasteiger partial charge on any atom is -0.0620 e. The van der Waals surface area contributed by atoms with E-state index in [0.717, 1.165) is 0 Å². The van der Waals surface area contributed by atoms with Crippen LogP contribution >= 0.6 is 0 Å². The van der Waals surface area contributed by atoms with Crippen LogP contribution in [-0.4, -0.2) is 0 Å². The van der Waals surface area contributed by atoms with Gasteiger partial charge in [-0.15, -0.1) is 0 Å². The van der Waals surface area contributed by atoms with E-state index in [1.807, 2.05) is 0 Å². The van der Waals surface area contributed by atoms with Gasteiger partial charge in [0.1, 0.15) is 0 Å². The first-order chi connectivity index (χ1) is 16.4. The molecule has 0 heterocycles. The molecule has 0 bridgehead atoms. The molecule has 1 radical (unpaired) electrons. The van der Waals surface area contributed by atoms with E-state index in [2.05, 4.69) is 135 Å². The van der Waals surface area contributed by atoms with E-state index in [1.165, 1.54) is 66.8 Å². The molecule has 0 amide bonds. The normalized spacial score (nSPS) is 12.7. The number of hydrogen-bond acceptors (Lipinski definition) is 0. The van der Waals surface area contributed by atoms with Gasteiger partial charge in [-0.3, -0.25) is 0 Å². The molecule has 0 aliphatic heterocycles. The maximum Gasteiger partial charge on any atom is 0.0212 e. The van der Waals surface area contributed by atoms with Gasteiger partial charge in [0.25, 0.3) is 0 Å². The van der Waals surface area contributed by atoms with Crippen LogP contribution in [0.15, 0.2) is 72.8 Å². The standard InChI is InChI=1S/C35H37.Zr/c1-22-13-9-11-15-26(22)30-18-24-17-25-19-31(27-16-12-10-14-23(27)2)33(35(6,7)8)21-29(25)28(24)20-32(30)34(3,4)5;/h9-21H,1-8H3;. The zero-order valence-electron chi connectivity index (χ0n) is 23.0. The van der Waals surface area contributed by atoms with E-state index < -0.39 is 0 Å². The smallest absolute Gasteiger partial charge is 0.0212 e. The van der Waals surface area contributed by atoms with Crippen LogP contribution in [0, 0.1) is 20.3 Å². The third-order valence-electron chi connectivity index (χ3n) is 7.47. The van der Waals surface area contributed by atoms with Crippen molar-refractivity contribution in [2.45, 2.75) is 66.2 Å². The summed E-state index contributed by atoms with van der Waals surface area (Å²) in [6.45, 7) is 18.4. The molecule has 0 aromatic heterocycles. The van der Waals surface area contributed by atoms with Gasteiger partial charge in [-0.1, -0.05) is 90.1 Å². The third-order valence-corrected chi connectivity index (χ3v) is 7.47. The van der Waals surface area contributed by atoms with Gasteiger partial charge < -0.3 is 0 Å². The Morgan fingerprint density at radius 2 is 0.806 bits per heavy atom. The Bertz CT molecular complexity index is 1330. The van der Waals surface area contributed by atoms with Gasteiger partial charge in [-0.05, 0) is 116 Å². The van der Waals surface area contributed by atoms with Crippen molar-refractivity contribution >= 4 is 0 Å². The van der Waals surface area contributed by atoms with Crippen LogP contribution in [0.1, 0.15) is 74.9 Å². The molecule has 0 saturated heterocycles. The number of benzene rings is 4. The van der Waals surface area contributed by atoms with Crippen molar-refractivity contribution in [1.29, 1.82) is 0 Å². The molecule has 0 nitrogen and oxygen atoms in total. The van der Waals surface area contributed by atoms with E-state index >= 15 is 0 Å². The molecule has 0 unspecified atom stereocenters. The second-order valence-electron chi connectivity index (χ2n) is 12.2. The first-order valence-corrected chi connectivity index (χ1v) is 12.8. The average Bonchev–Trinajstić information content (AvgIpc) is 3.13. The third kappa shape index (κ3) is 4.72. The molecule has 0 atom stereocenters. The number of fused-ring (bicyclic) bond motifs is 3. The summed E-state index contributed by atoms with van der Waals surface area (Å²) in [5.74, 6) is 0. The van der Waals surface area contributed by atoms with Crippen molar-refractivity contribution in [3.05, 3.63) is 113 Å². The van der Waals surface area contributed by atoms with Gasteiger partial charge in [0.2, 0.25) is 0 Å². The van der Waals surface area contributed by atoms with E-state index in [4.69, 9.17) is 0 Å². The SMILES string of the molecule is Cc1ccccc1-c1cc2c(cc1C(C)(C)C)-c1cc(C(C)(C)C)c(-c3ccccc3C)cc1[CH]2.[Zr]. The van der Waals surface area contributed by atoms with Crippen LogP contribution in [0.5, 0.6) is 0 Å². The summed E-state index contributed by atoms with van der Waals surface area (Å²) in [7, 11) is 0. The summed E-state index contributed by atoms with van der Waals surface area (Å²) in [4.78, 5) is 0. The molecule has 1 heteroatoms. The summed E-state index contributed by atoms with van der Waals surface area (Å²) in [5.41, 5.74) is 16.3. The first kappa shape index (κ1) is 26.8. The molecule has 0 fully saturated rings. The second-order valence-corrected chi connectivity index (χ2v) is 12.2.